The molecule has 1 unspecified atom stereocenters. The molecule has 1 aliphatic rings. The van der Waals surface area contributed by atoms with Gasteiger partial charge in [0.1, 0.15) is 6.54 Å². The van der Waals surface area contributed by atoms with E-state index in [-0.39, 0.29) is 18.5 Å². The lowest BCUT2D eigenvalue weighted by molar-refractivity contribution is -0.119. The monoisotopic (exact) mass is 386 g/mol. The van der Waals surface area contributed by atoms with E-state index in [2.05, 4.69) is 18.2 Å². The molecule has 0 aliphatic heterocycles. The first-order chi connectivity index (χ1) is 14.1. The quantitative estimate of drug-likeness (QED) is 0.727. The van der Waals surface area contributed by atoms with Crippen LogP contribution in [0.4, 0.5) is 0 Å². The van der Waals surface area contributed by atoms with Crippen LogP contribution in [0.1, 0.15) is 39.5 Å². The van der Waals surface area contributed by atoms with Crippen LogP contribution in [-0.4, -0.2) is 23.3 Å². The fourth-order valence-electron chi connectivity index (χ4n) is 3.65. The van der Waals surface area contributed by atoms with Crippen molar-refractivity contribution in [3.05, 3.63) is 107 Å². The lowest BCUT2D eigenvalue weighted by Gasteiger charge is -2.29. The minimum absolute atomic E-state index is 0.0637. The van der Waals surface area contributed by atoms with Gasteiger partial charge in [-0.25, -0.2) is 0 Å². The number of nitrogens with two attached hydrogens (primary N) is 1. The van der Waals surface area contributed by atoms with E-state index < -0.39 is 5.91 Å². The van der Waals surface area contributed by atoms with Crippen molar-refractivity contribution in [2.75, 3.05) is 6.54 Å². The molecule has 1 aliphatic carbocycles. The smallest absolute Gasteiger partial charge is 0.254 e. The molecule has 0 radical (unpaired) electrons. The van der Waals surface area contributed by atoms with Crippen LogP contribution in [0.5, 0.6) is 0 Å². The number of rotatable bonds is 4. The van der Waals surface area contributed by atoms with E-state index in [1.807, 2.05) is 61.5 Å². The van der Waals surface area contributed by atoms with Crippen LogP contribution < -0.4 is 5.73 Å². The highest BCUT2D eigenvalue weighted by atomic mass is 16.2. The molecule has 3 aromatic rings. The second kappa shape index (κ2) is 9.69. The molecule has 2 N–H and O–H groups in total. The third-order valence-corrected chi connectivity index (χ3v) is 5.00. The van der Waals surface area contributed by atoms with Crippen LogP contribution in [-0.2, 0) is 11.2 Å². The average Bonchev–Trinajstić information content (AvgIpc) is 3.16. The van der Waals surface area contributed by atoms with Crippen molar-refractivity contribution in [3.8, 4) is 0 Å². The van der Waals surface area contributed by atoms with Crippen LogP contribution in [0.15, 0.2) is 84.9 Å². The molecule has 4 heteroatoms. The van der Waals surface area contributed by atoms with Crippen LogP contribution in [0, 0.1) is 6.92 Å². The molecule has 2 amide bonds. The van der Waals surface area contributed by atoms with Gasteiger partial charge >= 0.3 is 0 Å². The average molecular weight is 386 g/mol. The molecule has 0 spiro atoms. The van der Waals surface area contributed by atoms with Gasteiger partial charge in [0.2, 0.25) is 5.91 Å². The van der Waals surface area contributed by atoms with Crippen molar-refractivity contribution in [2.45, 2.75) is 25.8 Å². The number of benzene rings is 3. The highest BCUT2D eigenvalue weighted by Crippen LogP contribution is 2.36. The lowest BCUT2D eigenvalue weighted by Crippen LogP contribution is -2.40. The predicted octanol–water partition coefficient (Wildman–Crippen LogP) is 4.30. The van der Waals surface area contributed by atoms with Crippen molar-refractivity contribution < 1.29 is 9.59 Å². The maximum absolute atomic E-state index is 12.9. The molecule has 0 bridgehead atoms. The molecule has 0 aromatic heterocycles. The summed E-state index contributed by atoms with van der Waals surface area (Å²) < 4.78 is 0. The number of hydrogen-bond acceptors (Lipinski definition) is 2. The Morgan fingerprint density at radius 1 is 0.931 bits per heavy atom. The summed E-state index contributed by atoms with van der Waals surface area (Å²) >= 11 is 0. The molecular formula is C25H26N2O2. The molecule has 148 valence electrons. The van der Waals surface area contributed by atoms with Crippen molar-refractivity contribution >= 4 is 11.8 Å². The van der Waals surface area contributed by atoms with Crippen molar-refractivity contribution in [1.82, 2.24) is 4.90 Å². The minimum Gasteiger partial charge on any atom is -0.368 e. The Balaban J connectivity index is 0.000000343. The van der Waals surface area contributed by atoms with Crippen molar-refractivity contribution in [2.24, 2.45) is 5.73 Å². The zero-order valence-corrected chi connectivity index (χ0v) is 16.6. The standard InChI is InChI=1S/C19H20N2O2.C6H6/c1-13-7-8-14-9-10-17(16(14)11-13)21(12-18(20)22)19(23)15-5-3-2-4-6-15;1-2-4-6-5-3-1/h2-8,11,17H,9-10,12H2,1H3,(H2,20,22);1-6H. The van der Waals surface area contributed by atoms with Crippen LogP contribution in [0.25, 0.3) is 0 Å². The van der Waals surface area contributed by atoms with Crippen molar-refractivity contribution in [1.29, 1.82) is 0 Å². The number of aryl methyl sites for hydroxylation is 2. The van der Waals surface area contributed by atoms with E-state index in [1.54, 1.807) is 17.0 Å². The number of hydrogen-bond donors (Lipinski definition) is 1. The Morgan fingerprint density at radius 3 is 2.10 bits per heavy atom. The molecule has 0 saturated carbocycles. The van der Waals surface area contributed by atoms with E-state index in [1.165, 1.54) is 5.56 Å². The molecule has 3 aromatic carbocycles. The predicted molar refractivity (Wildman–Crippen MR) is 115 cm³/mol. The fourth-order valence-corrected chi connectivity index (χ4v) is 3.65. The maximum atomic E-state index is 12.9. The SMILES string of the molecule is Cc1ccc2c(c1)C(N(CC(N)=O)C(=O)c1ccccc1)CC2.c1ccccc1. The molecule has 29 heavy (non-hydrogen) atoms. The first kappa shape index (κ1) is 20.3. The molecule has 0 fully saturated rings. The Morgan fingerprint density at radius 2 is 1.52 bits per heavy atom. The summed E-state index contributed by atoms with van der Waals surface area (Å²) in [6, 6.07) is 27.3. The summed E-state index contributed by atoms with van der Waals surface area (Å²) in [5, 5.41) is 0. The zero-order chi connectivity index (χ0) is 20.6. The van der Waals surface area contributed by atoms with E-state index >= 15 is 0 Å². The molecular weight excluding hydrogens is 360 g/mol. The number of fused-ring (bicyclic) bond motifs is 1. The van der Waals surface area contributed by atoms with Gasteiger partial charge in [-0.3, -0.25) is 9.59 Å². The van der Waals surface area contributed by atoms with Crippen LogP contribution in [0.2, 0.25) is 0 Å². The minimum atomic E-state index is -0.490. The summed E-state index contributed by atoms with van der Waals surface area (Å²) in [6.07, 6.45) is 1.74. The Bertz CT molecular complexity index is 928. The number of amides is 2. The summed E-state index contributed by atoms with van der Waals surface area (Å²) in [7, 11) is 0. The van der Waals surface area contributed by atoms with E-state index in [4.69, 9.17) is 5.73 Å². The van der Waals surface area contributed by atoms with Gasteiger partial charge < -0.3 is 10.6 Å². The Hall–Kier alpha value is -3.40. The van der Waals surface area contributed by atoms with Gasteiger partial charge in [-0.2, -0.15) is 0 Å². The Kier molecular flexibility index (Phi) is 6.80. The van der Waals surface area contributed by atoms with E-state index in [9.17, 15) is 9.59 Å². The Labute approximate surface area is 172 Å². The van der Waals surface area contributed by atoms with Crippen molar-refractivity contribution in [3.63, 3.8) is 0 Å². The lowest BCUT2D eigenvalue weighted by atomic mass is 10.0. The normalized spacial score (nSPS) is 14.3. The second-order valence-corrected chi connectivity index (χ2v) is 7.18. The van der Waals surface area contributed by atoms with E-state index in [0.717, 1.165) is 24.0 Å². The zero-order valence-electron chi connectivity index (χ0n) is 16.6. The van der Waals surface area contributed by atoms with Crippen LogP contribution in [0.3, 0.4) is 0 Å². The number of carbonyl (C=O) groups excluding carboxylic acids is 2. The third kappa shape index (κ3) is 5.32. The van der Waals surface area contributed by atoms with Gasteiger partial charge in [-0.05, 0) is 43.0 Å². The van der Waals surface area contributed by atoms with Gasteiger partial charge in [0.15, 0.2) is 0 Å². The fraction of sp³-hybridized carbons (Fsp3) is 0.200. The molecule has 0 heterocycles. The highest BCUT2D eigenvalue weighted by molar-refractivity contribution is 5.96. The maximum Gasteiger partial charge on any atom is 0.254 e. The van der Waals surface area contributed by atoms with Gasteiger partial charge in [-0.15, -0.1) is 0 Å². The number of primary amides is 1. The number of nitrogens with zero attached hydrogens (tertiary/aromatic N) is 1. The summed E-state index contributed by atoms with van der Waals surface area (Å²) in [4.78, 5) is 26.0. The van der Waals surface area contributed by atoms with Gasteiger partial charge in [0, 0.05) is 5.56 Å². The van der Waals surface area contributed by atoms with Gasteiger partial charge in [0.05, 0.1) is 6.04 Å². The second-order valence-electron chi connectivity index (χ2n) is 7.18. The van der Waals surface area contributed by atoms with Gasteiger partial charge in [0.25, 0.3) is 5.91 Å². The molecule has 4 nitrogen and oxygen atoms in total. The molecule has 4 rings (SSSR count). The molecule has 1 atom stereocenters. The summed E-state index contributed by atoms with van der Waals surface area (Å²) in [5.41, 5.74) is 9.51. The first-order valence-corrected chi connectivity index (χ1v) is 9.80. The summed E-state index contributed by atoms with van der Waals surface area (Å²) in [6.45, 7) is 1.97. The molecule has 0 saturated heterocycles. The first-order valence-electron chi connectivity index (χ1n) is 9.80. The number of carbonyl (C=O) groups is 2. The topological polar surface area (TPSA) is 63.4 Å². The highest BCUT2D eigenvalue weighted by Gasteiger charge is 2.32. The van der Waals surface area contributed by atoms with Crippen LogP contribution >= 0.6 is 0 Å². The largest absolute Gasteiger partial charge is 0.368 e. The summed E-state index contributed by atoms with van der Waals surface area (Å²) in [5.74, 6) is -0.640. The van der Waals surface area contributed by atoms with Gasteiger partial charge in [-0.1, -0.05) is 78.4 Å². The van der Waals surface area contributed by atoms with E-state index in [0.29, 0.717) is 5.56 Å². The third-order valence-electron chi connectivity index (χ3n) is 5.00.